The largest absolute Gasteiger partial charge is 0.269 e. The minimum absolute atomic E-state index is 0.626. The molecule has 0 aliphatic heterocycles. The molecule has 3 rings (SSSR count). The molecule has 0 aromatic carbocycles. The maximum atomic E-state index is 4.65. The summed E-state index contributed by atoms with van der Waals surface area (Å²) < 4.78 is 5.23. The lowest BCUT2D eigenvalue weighted by Crippen LogP contribution is -2.07. The third kappa shape index (κ3) is 2.53. The number of hydrogen-bond donors (Lipinski definition) is 0. The maximum absolute atomic E-state index is 4.65. The van der Waals surface area contributed by atoms with Crippen LogP contribution in [-0.2, 0) is 6.54 Å². The van der Waals surface area contributed by atoms with E-state index in [9.17, 15) is 0 Å². The molecule has 17 heavy (non-hydrogen) atoms. The summed E-state index contributed by atoms with van der Waals surface area (Å²) >= 11 is 2.27. The molecule has 90 valence electrons. The van der Waals surface area contributed by atoms with Crippen LogP contribution in [0.3, 0.4) is 0 Å². The zero-order chi connectivity index (χ0) is 11.7. The van der Waals surface area contributed by atoms with Crippen LogP contribution in [0.25, 0.3) is 0 Å². The molecule has 5 heteroatoms. The van der Waals surface area contributed by atoms with Gasteiger partial charge in [-0.15, -0.1) is 0 Å². The fourth-order valence-corrected chi connectivity index (χ4v) is 2.87. The van der Waals surface area contributed by atoms with Crippen molar-refractivity contribution in [1.82, 2.24) is 19.6 Å². The van der Waals surface area contributed by atoms with Gasteiger partial charge in [-0.1, -0.05) is 12.8 Å². The van der Waals surface area contributed by atoms with Gasteiger partial charge in [-0.05, 0) is 41.5 Å². The molecule has 2 heterocycles. The minimum atomic E-state index is 0.626. The number of nitrogens with zero attached hydrogens (tertiary/aromatic N) is 4. The van der Waals surface area contributed by atoms with Crippen molar-refractivity contribution >= 4 is 22.6 Å². The minimum Gasteiger partial charge on any atom is -0.269 e. The predicted molar refractivity (Wildman–Crippen MR) is 73.8 cm³/mol. The van der Waals surface area contributed by atoms with E-state index in [0.717, 1.165) is 15.8 Å². The molecular weight excluding hydrogens is 327 g/mol. The van der Waals surface area contributed by atoms with Gasteiger partial charge >= 0.3 is 0 Å². The number of hydrogen-bond acceptors (Lipinski definition) is 2. The van der Waals surface area contributed by atoms with Gasteiger partial charge in [0.05, 0.1) is 28.0 Å². The quantitative estimate of drug-likeness (QED) is 0.804. The van der Waals surface area contributed by atoms with Crippen LogP contribution in [0.1, 0.15) is 37.4 Å². The lowest BCUT2D eigenvalue weighted by Gasteiger charge is -2.08. The Morgan fingerprint density at radius 3 is 2.88 bits per heavy atom. The van der Waals surface area contributed by atoms with Crippen molar-refractivity contribution < 1.29 is 0 Å². The van der Waals surface area contributed by atoms with E-state index in [4.69, 9.17) is 0 Å². The molecule has 1 aliphatic rings. The first-order valence-electron chi connectivity index (χ1n) is 6.03. The highest BCUT2D eigenvalue weighted by Gasteiger charge is 2.17. The fourth-order valence-electron chi connectivity index (χ4n) is 2.42. The Hall–Kier alpha value is -0.850. The first-order valence-corrected chi connectivity index (χ1v) is 7.11. The van der Waals surface area contributed by atoms with Gasteiger partial charge in [0.25, 0.3) is 0 Å². The summed E-state index contributed by atoms with van der Waals surface area (Å²) in [6.45, 7) is 0.767. The summed E-state index contributed by atoms with van der Waals surface area (Å²) in [6.07, 6.45) is 11.3. The molecule has 0 unspecified atom stereocenters. The Morgan fingerprint density at radius 1 is 1.35 bits per heavy atom. The van der Waals surface area contributed by atoms with Gasteiger partial charge in [0.2, 0.25) is 0 Å². The van der Waals surface area contributed by atoms with E-state index in [-0.39, 0.29) is 0 Å². The van der Waals surface area contributed by atoms with Gasteiger partial charge in [0.15, 0.2) is 0 Å². The zero-order valence-electron chi connectivity index (χ0n) is 9.59. The average molecular weight is 342 g/mol. The molecule has 0 spiro atoms. The fraction of sp³-hybridized carbons (Fsp3) is 0.500. The smallest absolute Gasteiger partial charge is 0.0850 e. The first kappa shape index (κ1) is 11.3. The molecule has 1 fully saturated rings. The molecule has 0 N–H and O–H groups in total. The molecule has 0 amide bonds. The highest BCUT2D eigenvalue weighted by Crippen LogP contribution is 2.28. The normalized spacial score (nSPS) is 16.8. The second kappa shape index (κ2) is 4.80. The third-order valence-corrected chi connectivity index (χ3v) is 3.85. The van der Waals surface area contributed by atoms with Crippen molar-refractivity contribution in [3.05, 3.63) is 33.9 Å². The van der Waals surface area contributed by atoms with Crippen molar-refractivity contribution in [2.75, 3.05) is 0 Å². The topological polar surface area (TPSA) is 35.6 Å². The van der Waals surface area contributed by atoms with Crippen molar-refractivity contribution in [1.29, 1.82) is 0 Å². The van der Waals surface area contributed by atoms with Crippen LogP contribution in [-0.4, -0.2) is 19.6 Å². The molecule has 2 aromatic rings. The Bertz CT molecular complexity index is 496. The number of aromatic nitrogens is 4. The number of rotatable bonds is 3. The highest BCUT2D eigenvalue weighted by atomic mass is 127. The van der Waals surface area contributed by atoms with Crippen LogP contribution in [0, 0.1) is 3.57 Å². The van der Waals surface area contributed by atoms with Gasteiger partial charge in [-0.2, -0.15) is 10.2 Å². The van der Waals surface area contributed by atoms with Crippen molar-refractivity contribution in [3.8, 4) is 0 Å². The maximum Gasteiger partial charge on any atom is 0.0850 e. The van der Waals surface area contributed by atoms with E-state index in [1.165, 1.54) is 25.7 Å². The highest BCUT2D eigenvalue weighted by molar-refractivity contribution is 14.1. The summed E-state index contributed by atoms with van der Waals surface area (Å²) in [5.74, 6) is 0. The van der Waals surface area contributed by atoms with Gasteiger partial charge in [0.1, 0.15) is 0 Å². The van der Waals surface area contributed by atoms with E-state index in [1.807, 2.05) is 17.1 Å². The molecule has 4 nitrogen and oxygen atoms in total. The number of halogens is 1. The molecule has 0 bridgehead atoms. The van der Waals surface area contributed by atoms with Gasteiger partial charge < -0.3 is 0 Å². The second-order valence-electron chi connectivity index (χ2n) is 4.58. The van der Waals surface area contributed by atoms with E-state index in [0.29, 0.717) is 6.04 Å². The zero-order valence-corrected chi connectivity index (χ0v) is 11.7. The average Bonchev–Trinajstić information content (AvgIpc) is 3.00. The lowest BCUT2D eigenvalue weighted by atomic mass is 10.3. The third-order valence-electron chi connectivity index (χ3n) is 3.29. The molecule has 0 radical (unpaired) electrons. The lowest BCUT2D eigenvalue weighted by molar-refractivity contribution is 0.460. The molecule has 2 aromatic heterocycles. The standard InChI is InChI=1S/C12H15IN4/c13-10-7-14-16(8-10)9-11-5-6-17(15-11)12-3-1-2-4-12/h5-8,12H,1-4,9H2. The van der Waals surface area contributed by atoms with Crippen LogP contribution in [0.5, 0.6) is 0 Å². The van der Waals surface area contributed by atoms with Crippen molar-refractivity contribution in [3.63, 3.8) is 0 Å². The summed E-state index contributed by atoms with van der Waals surface area (Å²) in [7, 11) is 0. The molecule has 0 atom stereocenters. The Balaban J connectivity index is 1.71. The van der Waals surface area contributed by atoms with Gasteiger partial charge in [0, 0.05) is 12.4 Å². The summed E-state index contributed by atoms with van der Waals surface area (Å²) in [6, 6.07) is 2.73. The summed E-state index contributed by atoms with van der Waals surface area (Å²) in [5.41, 5.74) is 1.09. The second-order valence-corrected chi connectivity index (χ2v) is 5.83. The predicted octanol–water partition coefficient (Wildman–Crippen LogP) is 2.85. The Kier molecular flexibility index (Phi) is 3.17. The van der Waals surface area contributed by atoms with Crippen molar-refractivity contribution in [2.24, 2.45) is 0 Å². The molecule has 0 saturated heterocycles. The van der Waals surface area contributed by atoms with Crippen LogP contribution in [0.2, 0.25) is 0 Å². The van der Waals surface area contributed by atoms with Crippen LogP contribution in [0.4, 0.5) is 0 Å². The van der Waals surface area contributed by atoms with E-state index < -0.39 is 0 Å². The van der Waals surface area contributed by atoms with Gasteiger partial charge in [-0.3, -0.25) is 9.36 Å². The van der Waals surface area contributed by atoms with Crippen LogP contribution < -0.4 is 0 Å². The monoisotopic (exact) mass is 342 g/mol. The van der Waals surface area contributed by atoms with Crippen LogP contribution >= 0.6 is 22.6 Å². The SMILES string of the molecule is Ic1cnn(Cc2ccn(C3CCCC3)n2)c1. The molecule has 1 aliphatic carbocycles. The van der Waals surface area contributed by atoms with Crippen LogP contribution in [0.15, 0.2) is 24.7 Å². The Labute approximate surface area is 114 Å². The molecule has 1 saturated carbocycles. The van der Waals surface area contributed by atoms with Crippen molar-refractivity contribution in [2.45, 2.75) is 38.3 Å². The van der Waals surface area contributed by atoms with E-state index in [2.05, 4.69) is 49.7 Å². The van der Waals surface area contributed by atoms with Gasteiger partial charge in [-0.25, -0.2) is 0 Å². The van der Waals surface area contributed by atoms with E-state index in [1.54, 1.807) is 0 Å². The molecular formula is C12H15IN4. The summed E-state index contributed by atoms with van der Waals surface area (Å²) in [5, 5.41) is 8.93. The Morgan fingerprint density at radius 2 is 2.18 bits per heavy atom. The summed E-state index contributed by atoms with van der Waals surface area (Å²) in [4.78, 5) is 0. The first-order chi connectivity index (χ1) is 8.31. The van der Waals surface area contributed by atoms with E-state index >= 15 is 0 Å².